The third-order valence-corrected chi connectivity index (χ3v) is 6.96. The van der Waals surface area contributed by atoms with Crippen molar-refractivity contribution >= 4 is 0 Å². The molecular formula is C30H31F3O. The summed E-state index contributed by atoms with van der Waals surface area (Å²) in [7, 11) is 0. The number of benzene rings is 3. The highest BCUT2D eigenvalue weighted by atomic mass is 19.2. The van der Waals surface area contributed by atoms with E-state index in [1.54, 1.807) is 13.0 Å². The van der Waals surface area contributed by atoms with Crippen LogP contribution in [-0.2, 0) is 6.42 Å². The van der Waals surface area contributed by atoms with Crippen molar-refractivity contribution in [3.8, 4) is 28.0 Å². The summed E-state index contributed by atoms with van der Waals surface area (Å²) in [5, 5.41) is 0. The lowest BCUT2D eigenvalue weighted by molar-refractivity contribution is 0.296. The molecule has 0 amide bonds. The molecule has 1 aliphatic rings. The van der Waals surface area contributed by atoms with Gasteiger partial charge >= 0.3 is 0 Å². The van der Waals surface area contributed by atoms with Crippen LogP contribution >= 0.6 is 0 Å². The fraction of sp³-hybridized carbons (Fsp3) is 0.333. The van der Waals surface area contributed by atoms with Crippen molar-refractivity contribution in [2.24, 2.45) is 11.8 Å². The van der Waals surface area contributed by atoms with E-state index in [0.717, 1.165) is 17.9 Å². The van der Waals surface area contributed by atoms with Gasteiger partial charge in [0.1, 0.15) is 5.82 Å². The van der Waals surface area contributed by atoms with E-state index in [4.69, 9.17) is 4.74 Å². The van der Waals surface area contributed by atoms with E-state index in [9.17, 15) is 13.2 Å². The number of hydrogen-bond donors (Lipinski definition) is 0. The summed E-state index contributed by atoms with van der Waals surface area (Å²) in [4.78, 5) is 0. The Balaban J connectivity index is 1.44. The second-order valence-corrected chi connectivity index (χ2v) is 9.12. The Morgan fingerprint density at radius 2 is 1.53 bits per heavy atom. The van der Waals surface area contributed by atoms with Crippen molar-refractivity contribution in [1.29, 1.82) is 0 Å². The molecule has 178 valence electrons. The van der Waals surface area contributed by atoms with Gasteiger partial charge in [0.05, 0.1) is 6.61 Å². The largest absolute Gasteiger partial charge is 0.491 e. The summed E-state index contributed by atoms with van der Waals surface area (Å²) in [5.41, 5.74) is 2.76. The number of hydrogen-bond acceptors (Lipinski definition) is 1. The quantitative estimate of drug-likeness (QED) is 0.303. The van der Waals surface area contributed by atoms with E-state index < -0.39 is 17.5 Å². The minimum Gasteiger partial charge on any atom is -0.491 e. The zero-order valence-corrected chi connectivity index (χ0v) is 19.6. The highest BCUT2D eigenvalue weighted by molar-refractivity contribution is 5.72. The average molecular weight is 465 g/mol. The summed E-state index contributed by atoms with van der Waals surface area (Å²) in [5.74, 6) is -1.52. The molecule has 0 saturated heterocycles. The Labute approximate surface area is 200 Å². The molecule has 0 unspecified atom stereocenters. The topological polar surface area (TPSA) is 9.23 Å². The van der Waals surface area contributed by atoms with Crippen molar-refractivity contribution in [2.75, 3.05) is 6.61 Å². The molecule has 0 aliphatic heterocycles. The second-order valence-electron chi connectivity index (χ2n) is 9.12. The van der Waals surface area contributed by atoms with Gasteiger partial charge in [-0.05, 0) is 92.2 Å². The minimum atomic E-state index is -1.11. The van der Waals surface area contributed by atoms with Crippen LogP contribution in [0.3, 0.4) is 0 Å². The van der Waals surface area contributed by atoms with Crippen LogP contribution < -0.4 is 4.74 Å². The normalized spacial score (nSPS) is 18.0. The monoisotopic (exact) mass is 464 g/mol. The molecule has 1 saturated carbocycles. The smallest absolute Gasteiger partial charge is 0.201 e. The van der Waals surface area contributed by atoms with Crippen LogP contribution in [0.15, 0.2) is 67.3 Å². The maximum Gasteiger partial charge on any atom is 0.201 e. The Morgan fingerprint density at radius 3 is 2.18 bits per heavy atom. The Morgan fingerprint density at radius 1 is 0.853 bits per heavy atom. The molecule has 3 aromatic rings. The molecule has 0 heterocycles. The summed E-state index contributed by atoms with van der Waals surface area (Å²) in [6, 6.07) is 15.5. The number of aryl methyl sites for hydroxylation is 1. The van der Waals surface area contributed by atoms with Gasteiger partial charge in [0, 0.05) is 11.1 Å². The molecule has 0 atom stereocenters. The lowest BCUT2D eigenvalue weighted by atomic mass is 9.79. The summed E-state index contributed by atoms with van der Waals surface area (Å²) < 4.78 is 48.8. The van der Waals surface area contributed by atoms with Crippen molar-refractivity contribution in [1.82, 2.24) is 0 Å². The molecule has 4 rings (SSSR count). The molecule has 0 radical (unpaired) electrons. The zero-order valence-electron chi connectivity index (χ0n) is 19.6. The van der Waals surface area contributed by atoms with Gasteiger partial charge in [0.15, 0.2) is 11.6 Å². The van der Waals surface area contributed by atoms with Crippen LogP contribution in [0, 0.1) is 29.3 Å². The predicted molar refractivity (Wildman–Crippen MR) is 132 cm³/mol. The minimum absolute atomic E-state index is 0.0194. The molecule has 1 aliphatic carbocycles. The van der Waals surface area contributed by atoms with Crippen LogP contribution in [-0.4, -0.2) is 6.61 Å². The van der Waals surface area contributed by atoms with Gasteiger partial charge in [-0.25, -0.2) is 8.78 Å². The molecule has 0 bridgehead atoms. The van der Waals surface area contributed by atoms with Gasteiger partial charge in [-0.2, -0.15) is 4.39 Å². The van der Waals surface area contributed by atoms with Gasteiger partial charge in [-0.15, -0.1) is 6.58 Å². The molecule has 0 aromatic heterocycles. The summed E-state index contributed by atoms with van der Waals surface area (Å²) in [6.45, 7) is 5.82. The third-order valence-electron chi connectivity index (χ3n) is 6.96. The van der Waals surface area contributed by atoms with Crippen LogP contribution in [0.1, 0.15) is 44.6 Å². The molecule has 0 spiro atoms. The Kier molecular flexibility index (Phi) is 7.77. The van der Waals surface area contributed by atoms with Gasteiger partial charge in [0.25, 0.3) is 0 Å². The van der Waals surface area contributed by atoms with Crippen LogP contribution in [0.25, 0.3) is 22.3 Å². The average Bonchev–Trinajstić information content (AvgIpc) is 2.87. The van der Waals surface area contributed by atoms with Gasteiger partial charge in [-0.1, -0.05) is 42.5 Å². The Bertz CT molecular complexity index is 1130. The second kappa shape index (κ2) is 10.9. The first-order valence-corrected chi connectivity index (χ1v) is 12.1. The maximum atomic E-state index is 14.9. The van der Waals surface area contributed by atoms with E-state index in [1.807, 2.05) is 12.1 Å². The Hall–Kier alpha value is -3.01. The first kappa shape index (κ1) is 24.1. The number of allylic oxidation sites excluding steroid dienone is 1. The zero-order chi connectivity index (χ0) is 24.1. The number of ether oxygens (including phenoxy) is 1. The van der Waals surface area contributed by atoms with E-state index in [-0.39, 0.29) is 23.5 Å². The summed E-state index contributed by atoms with van der Waals surface area (Å²) >= 11 is 0. The molecule has 34 heavy (non-hydrogen) atoms. The van der Waals surface area contributed by atoms with Crippen molar-refractivity contribution in [3.63, 3.8) is 0 Å². The van der Waals surface area contributed by atoms with E-state index in [1.165, 1.54) is 61.9 Å². The number of rotatable bonds is 8. The fourth-order valence-electron chi connectivity index (χ4n) is 4.87. The first-order chi connectivity index (χ1) is 16.5. The summed E-state index contributed by atoms with van der Waals surface area (Å²) in [6.07, 6.45) is 9.38. The van der Waals surface area contributed by atoms with Gasteiger partial charge < -0.3 is 4.74 Å². The molecule has 0 N–H and O–H groups in total. The SMILES string of the molecule is C=CC1CCC(CCc2ccc(-c3ccc(-c4ccc(OCC)c(F)c4F)c(F)c3)cc2)CC1. The van der Waals surface area contributed by atoms with Gasteiger partial charge in [-0.3, -0.25) is 0 Å². The van der Waals surface area contributed by atoms with Gasteiger partial charge in [0.2, 0.25) is 5.82 Å². The fourth-order valence-corrected chi connectivity index (χ4v) is 4.87. The van der Waals surface area contributed by atoms with E-state index in [0.29, 0.717) is 11.5 Å². The van der Waals surface area contributed by atoms with E-state index >= 15 is 0 Å². The lowest BCUT2D eigenvalue weighted by Gasteiger charge is -2.26. The van der Waals surface area contributed by atoms with Crippen LogP contribution in [0.2, 0.25) is 0 Å². The molecule has 1 nitrogen and oxygen atoms in total. The molecular weight excluding hydrogens is 433 g/mol. The van der Waals surface area contributed by atoms with Crippen molar-refractivity contribution < 1.29 is 17.9 Å². The number of halogens is 3. The first-order valence-electron chi connectivity index (χ1n) is 12.1. The van der Waals surface area contributed by atoms with Crippen molar-refractivity contribution in [2.45, 2.75) is 45.4 Å². The van der Waals surface area contributed by atoms with Crippen LogP contribution in [0.5, 0.6) is 5.75 Å². The third kappa shape index (κ3) is 5.38. The maximum absolute atomic E-state index is 14.9. The highest BCUT2D eigenvalue weighted by Gasteiger charge is 2.20. The van der Waals surface area contributed by atoms with E-state index in [2.05, 4.69) is 24.8 Å². The standard InChI is InChI=1S/C30H31F3O/c1-3-20-5-7-21(8-6-20)9-10-22-11-13-23(14-12-22)24-15-16-25(27(31)19-24)26-17-18-28(34-4-2)30(33)29(26)32/h3,11-21H,1,4-10H2,2H3. The van der Waals surface area contributed by atoms with Crippen LogP contribution in [0.4, 0.5) is 13.2 Å². The van der Waals surface area contributed by atoms with Crippen molar-refractivity contribution in [3.05, 3.63) is 90.3 Å². The predicted octanol–water partition coefficient (Wildman–Crippen LogP) is 8.76. The molecule has 4 heteroatoms. The highest BCUT2D eigenvalue weighted by Crippen LogP contribution is 2.34. The molecule has 1 fully saturated rings. The lowest BCUT2D eigenvalue weighted by Crippen LogP contribution is -2.13. The molecule has 3 aromatic carbocycles.